The smallest absolute Gasteiger partial charge is 0.333 e. The molecule has 1 saturated carbocycles. The first-order valence-electron chi connectivity index (χ1n) is 10.0. The van der Waals surface area contributed by atoms with Gasteiger partial charge in [0, 0.05) is 23.5 Å². The minimum absolute atomic E-state index is 0.0197. The van der Waals surface area contributed by atoms with Crippen LogP contribution in [0.5, 0.6) is 0 Å². The predicted octanol–water partition coefficient (Wildman–Crippen LogP) is 2.10. The Morgan fingerprint density at radius 2 is 1.80 bits per heavy atom. The molecular formula is C21H22ClN5O3. The molecule has 0 atom stereocenters. The van der Waals surface area contributed by atoms with E-state index in [4.69, 9.17) is 11.6 Å². The Hall–Kier alpha value is -3.00. The van der Waals surface area contributed by atoms with Gasteiger partial charge in [-0.2, -0.15) is 0 Å². The van der Waals surface area contributed by atoms with Gasteiger partial charge in [-0.25, -0.2) is 14.8 Å². The van der Waals surface area contributed by atoms with E-state index in [1.54, 1.807) is 24.3 Å². The molecule has 0 bridgehead atoms. The van der Waals surface area contributed by atoms with Crippen LogP contribution in [0, 0.1) is 0 Å². The average molecular weight is 428 g/mol. The Balaban J connectivity index is 1.73. The zero-order chi connectivity index (χ0) is 21.1. The highest BCUT2D eigenvalue weighted by molar-refractivity contribution is 6.31. The quantitative estimate of drug-likeness (QED) is 0.672. The van der Waals surface area contributed by atoms with Crippen LogP contribution < -0.4 is 16.6 Å². The lowest BCUT2D eigenvalue weighted by Gasteiger charge is -2.23. The lowest BCUT2D eigenvalue weighted by atomic mass is 9.95. The normalized spacial score (nSPS) is 14.7. The summed E-state index contributed by atoms with van der Waals surface area (Å²) < 4.78 is 2.25. The molecule has 0 radical (unpaired) electrons. The van der Waals surface area contributed by atoms with E-state index in [0.717, 1.165) is 30.3 Å². The average Bonchev–Trinajstić information content (AvgIpc) is 2.76. The fourth-order valence-electron chi connectivity index (χ4n) is 3.87. The van der Waals surface area contributed by atoms with Gasteiger partial charge in [0.1, 0.15) is 6.54 Å². The molecule has 1 fully saturated rings. The summed E-state index contributed by atoms with van der Waals surface area (Å²) in [5.41, 5.74) is -0.421. The fraction of sp³-hybridized carbons (Fsp3) is 0.381. The van der Waals surface area contributed by atoms with E-state index in [1.807, 2.05) is 0 Å². The molecule has 1 aliphatic carbocycles. The zero-order valence-corrected chi connectivity index (χ0v) is 17.1. The number of nitrogens with one attached hydrogen (secondary N) is 1. The van der Waals surface area contributed by atoms with Crippen LogP contribution in [0.2, 0.25) is 5.02 Å². The maximum absolute atomic E-state index is 13.2. The van der Waals surface area contributed by atoms with Gasteiger partial charge in [-0.05, 0) is 24.5 Å². The number of benzene rings is 1. The molecule has 30 heavy (non-hydrogen) atoms. The van der Waals surface area contributed by atoms with Crippen molar-refractivity contribution in [3.8, 4) is 0 Å². The van der Waals surface area contributed by atoms with Crippen molar-refractivity contribution in [1.82, 2.24) is 24.4 Å². The molecule has 1 N–H and O–H groups in total. The van der Waals surface area contributed by atoms with E-state index in [1.165, 1.54) is 23.4 Å². The number of amides is 1. The number of carbonyl (C=O) groups excluding carboxylic acids is 1. The molecule has 156 valence electrons. The molecule has 2 aromatic heterocycles. The summed E-state index contributed by atoms with van der Waals surface area (Å²) in [6.07, 6.45) is 8.01. The molecule has 0 spiro atoms. The molecule has 3 aromatic rings. The third kappa shape index (κ3) is 4.14. The van der Waals surface area contributed by atoms with Crippen LogP contribution in [-0.4, -0.2) is 31.1 Å². The van der Waals surface area contributed by atoms with Gasteiger partial charge in [0.05, 0.1) is 6.54 Å². The number of rotatable bonds is 5. The van der Waals surface area contributed by atoms with E-state index >= 15 is 0 Å². The Morgan fingerprint density at radius 1 is 1.07 bits per heavy atom. The van der Waals surface area contributed by atoms with E-state index in [-0.39, 0.29) is 36.2 Å². The summed E-state index contributed by atoms with van der Waals surface area (Å²) >= 11 is 6.21. The highest BCUT2D eigenvalue weighted by Crippen LogP contribution is 2.17. The van der Waals surface area contributed by atoms with Crippen molar-refractivity contribution in [2.24, 2.45) is 0 Å². The highest BCUT2D eigenvalue weighted by Gasteiger charge is 2.20. The first-order chi connectivity index (χ1) is 14.5. The van der Waals surface area contributed by atoms with E-state index in [0.29, 0.717) is 10.6 Å². The Labute approximate surface area is 177 Å². The molecule has 1 aliphatic rings. The van der Waals surface area contributed by atoms with Crippen LogP contribution in [-0.2, 0) is 17.9 Å². The molecule has 0 aliphatic heterocycles. The summed E-state index contributed by atoms with van der Waals surface area (Å²) in [5.74, 6) is -0.279. The van der Waals surface area contributed by atoms with Crippen LogP contribution in [0.1, 0.15) is 37.7 Å². The number of halogens is 1. The Bertz CT molecular complexity index is 1200. The minimum Gasteiger partial charge on any atom is -0.352 e. The fourth-order valence-corrected chi connectivity index (χ4v) is 4.07. The first-order valence-corrected chi connectivity index (χ1v) is 10.4. The summed E-state index contributed by atoms with van der Waals surface area (Å²) in [5, 5.41) is 3.45. The van der Waals surface area contributed by atoms with Gasteiger partial charge in [0.2, 0.25) is 5.91 Å². The van der Waals surface area contributed by atoms with Crippen LogP contribution in [0.3, 0.4) is 0 Å². The van der Waals surface area contributed by atoms with Gasteiger partial charge >= 0.3 is 5.69 Å². The number of nitrogens with zero attached hydrogens (tertiary/aromatic N) is 4. The molecule has 0 saturated heterocycles. The summed E-state index contributed by atoms with van der Waals surface area (Å²) in [7, 11) is 0. The molecule has 2 heterocycles. The second-order valence-corrected chi connectivity index (χ2v) is 7.89. The van der Waals surface area contributed by atoms with Gasteiger partial charge in [-0.1, -0.05) is 49.1 Å². The van der Waals surface area contributed by atoms with Gasteiger partial charge in [-0.3, -0.25) is 18.7 Å². The SMILES string of the molecule is O=C(Cn1c(=O)n(Cc2ccccc2Cl)c(=O)c2nccnc21)NC1CCCCC1. The van der Waals surface area contributed by atoms with Gasteiger partial charge < -0.3 is 5.32 Å². The van der Waals surface area contributed by atoms with Crippen molar-refractivity contribution >= 4 is 28.7 Å². The van der Waals surface area contributed by atoms with Crippen LogP contribution in [0.25, 0.3) is 11.2 Å². The maximum Gasteiger partial charge on any atom is 0.333 e. The molecule has 8 nitrogen and oxygen atoms in total. The maximum atomic E-state index is 13.2. The van der Waals surface area contributed by atoms with Crippen LogP contribution >= 0.6 is 11.6 Å². The zero-order valence-electron chi connectivity index (χ0n) is 16.4. The second kappa shape index (κ2) is 8.79. The van der Waals surface area contributed by atoms with Crippen LogP contribution in [0.15, 0.2) is 46.2 Å². The molecule has 0 unspecified atom stereocenters. The third-order valence-corrected chi connectivity index (χ3v) is 5.77. The highest BCUT2D eigenvalue weighted by atomic mass is 35.5. The topological polar surface area (TPSA) is 98.9 Å². The van der Waals surface area contributed by atoms with Crippen LogP contribution in [0.4, 0.5) is 0 Å². The molecule has 4 rings (SSSR count). The predicted molar refractivity (Wildman–Crippen MR) is 114 cm³/mol. The van der Waals surface area contributed by atoms with Crippen molar-refractivity contribution in [2.45, 2.75) is 51.2 Å². The largest absolute Gasteiger partial charge is 0.352 e. The van der Waals surface area contributed by atoms with E-state index in [2.05, 4.69) is 15.3 Å². The molecule has 1 aromatic carbocycles. The monoisotopic (exact) mass is 427 g/mol. The van der Waals surface area contributed by atoms with Crippen molar-refractivity contribution in [2.75, 3.05) is 0 Å². The molecular weight excluding hydrogens is 406 g/mol. The van der Waals surface area contributed by atoms with E-state index < -0.39 is 11.2 Å². The number of aromatic nitrogens is 4. The van der Waals surface area contributed by atoms with Crippen molar-refractivity contribution in [1.29, 1.82) is 0 Å². The number of hydrogen-bond donors (Lipinski definition) is 1. The summed E-state index contributed by atoms with van der Waals surface area (Å²) in [6.45, 7) is -0.249. The third-order valence-electron chi connectivity index (χ3n) is 5.40. The van der Waals surface area contributed by atoms with Crippen molar-refractivity contribution in [3.63, 3.8) is 0 Å². The number of hydrogen-bond acceptors (Lipinski definition) is 5. The van der Waals surface area contributed by atoms with Crippen molar-refractivity contribution in [3.05, 3.63) is 68.1 Å². The van der Waals surface area contributed by atoms with E-state index in [9.17, 15) is 14.4 Å². The molecule has 1 amide bonds. The lowest BCUT2D eigenvalue weighted by Crippen LogP contribution is -2.45. The standard InChI is InChI=1S/C21H22ClN5O3/c22-16-9-5-4-6-14(16)12-27-20(29)18-19(24-11-10-23-18)26(21(27)30)13-17(28)25-15-7-2-1-3-8-15/h4-6,9-11,15H,1-3,7-8,12-13H2,(H,25,28). The Kier molecular flexibility index (Phi) is 5.94. The number of fused-ring (bicyclic) bond motifs is 1. The molecule has 9 heteroatoms. The summed E-state index contributed by atoms with van der Waals surface area (Å²) in [6, 6.07) is 7.11. The van der Waals surface area contributed by atoms with Crippen molar-refractivity contribution < 1.29 is 4.79 Å². The number of carbonyl (C=O) groups is 1. The Morgan fingerprint density at radius 3 is 2.57 bits per heavy atom. The first kappa shape index (κ1) is 20.3. The lowest BCUT2D eigenvalue weighted by molar-refractivity contribution is -0.122. The van der Waals surface area contributed by atoms with Gasteiger partial charge in [-0.15, -0.1) is 0 Å². The van der Waals surface area contributed by atoms with Gasteiger partial charge in [0.25, 0.3) is 5.56 Å². The minimum atomic E-state index is -0.619. The van der Waals surface area contributed by atoms with Gasteiger partial charge in [0.15, 0.2) is 11.2 Å². The summed E-state index contributed by atoms with van der Waals surface area (Å²) in [4.78, 5) is 47.0. The second-order valence-electron chi connectivity index (χ2n) is 7.48.